The minimum Gasteiger partial charge on any atom is -0.396 e. The fraction of sp³-hybridized carbons (Fsp3) is 1.00. The number of hydrogen-bond donors (Lipinski definition) is 2. The summed E-state index contributed by atoms with van der Waals surface area (Å²) in [5.41, 5.74) is 0. The molecule has 0 rings (SSSR count). The Morgan fingerprint density at radius 1 is 1.50 bits per heavy atom. The lowest BCUT2D eigenvalue weighted by Crippen LogP contribution is -1.90. The highest BCUT2D eigenvalue weighted by molar-refractivity contribution is 4.32. The fourth-order valence-corrected chi connectivity index (χ4v) is 0. The zero-order valence-corrected chi connectivity index (χ0v) is 4.73. The third-order valence-corrected chi connectivity index (χ3v) is 0.365. The van der Waals surface area contributed by atoms with E-state index < -0.39 is 0 Å². The summed E-state index contributed by atoms with van der Waals surface area (Å²) in [5.74, 6) is 0.440. The van der Waals surface area contributed by atoms with E-state index in [0.717, 1.165) is 0 Å². The van der Waals surface area contributed by atoms with Crippen molar-refractivity contribution in [2.75, 3.05) is 6.61 Å². The lowest BCUT2D eigenvalue weighted by atomic mass is 10.2. The van der Waals surface area contributed by atoms with Crippen molar-refractivity contribution >= 4 is 0 Å². The van der Waals surface area contributed by atoms with Crippen molar-refractivity contribution in [3.8, 4) is 0 Å². The molecule has 0 aromatic carbocycles. The summed E-state index contributed by atoms with van der Waals surface area (Å²) < 4.78 is 0. The molecule has 0 amide bonds. The van der Waals surface area contributed by atoms with Crippen LogP contribution in [-0.2, 0) is 0 Å². The van der Waals surface area contributed by atoms with Crippen molar-refractivity contribution in [3.05, 3.63) is 0 Å². The minimum absolute atomic E-state index is 0. The molecule has 0 spiro atoms. The molecular formula is C4H14NO+. The normalized spacial score (nSPS) is 8.00. The Morgan fingerprint density at radius 2 is 1.67 bits per heavy atom. The van der Waals surface area contributed by atoms with Crippen molar-refractivity contribution in [1.29, 1.82) is 0 Å². The fourth-order valence-electron chi connectivity index (χ4n) is 0. The van der Waals surface area contributed by atoms with E-state index in [1.807, 2.05) is 13.8 Å². The summed E-state index contributed by atoms with van der Waals surface area (Å²) in [4.78, 5) is 0. The van der Waals surface area contributed by atoms with Gasteiger partial charge in [0.1, 0.15) is 0 Å². The molecule has 5 N–H and O–H groups in total. The van der Waals surface area contributed by atoms with Crippen molar-refractivity contribution < 1.29 is 5.11 Å². The third kappa shape index (κ3) is 9.07. The zero-order valence-electron chi connectivity index (χ0n) is 4.73. The van der Waals surface area contributed by atoms with Gasteiger partial charge < -0.3 is 11.3 Å². The van der Waals surface area contributed by atoms with Gasteiger partial charge in [-0.05, 0) is 5.92 Å². The van der Waals surface area contributed by atoms with E-state index in [4.69, 9.17) is 5.11 Å². The summed E-state index contributed by atoms with van der Waals surface area (Å²) in [6, 6.07) is 0. The summed E-state index contributed by atoms with van der Waals surface area (Å²) in [6.07, 6.45) is 0. The second kappa shape index (κ2) is 4.92. The van der Waals surface area contributed by atoms with E-state index in [1.165, 1.54) is 0 Å². The number of rotatable bonds is 1. The summed E-state index contributed by atoms with van der Waals surface area (Å²) >= 11 is 0. The van der Waals surface area contributed by atoms with E-state index in [1.54, 1.807) is 0 Å². The lowest BCUT2D eigenvalue weighted by Gasteiger charge is -1.90. The highest BCUT2D eigenvalue weighted by atomic mass is 16.3. The molecule has 0 saturated carbocycles. The molecule has 0 unspecified atom stereocenters. The monoisotopic (exact) mass is 92.1 g/mol. The number of quaternary nitrogens is 1. The Hall–Kier alpha value is -0.0800. The zero-order chi connectivity index (χ0) is 4.28. The number of aliphatic hydroxyl groups is 1. The second-order valence-corrected chi connectivity index (χ2v) is 1.58. The number of aliphatic hydroxyl groups excluding tert-OH is 1. The maximum Gasteiger partial charge on any atom is 0.0453 e. The van der Waals surface area contributed by atoms with Crippen LogP contribution in [0.2, 0.25) is 0 Å². The Bertz CT molecular complexity index is 21.5. The minimum atomic E-state index is 0. The van der Waals surface area contributed by atoms with Crippen molar-refractivity contribution in [3.63, 3.8) is 0 Å². The van der Waals surface area contributed by atoms with Crippen LogP contribution in [0.15, 0.2) is 0 Å². The highest BCUT2D eigenvalue weighted by Gasteiger charge is 1.81. The predicted molar refractivity (Wildman–Crippen MR) is 27.9 cm³/mol. The Labute approximate surface area is 38.8 Å². The van der Waals surface area contributed by atoms with Crippen LogP contribution in [0.5, 0.6) is 0 Å². The third-order valence-electron chi connectivity index (χ3n) is 0.365. The molecule has 6 heavy (non-hydrogen) atoms. The molecule has 0 atom stereocenters. The van der Waals surface area contributed by atoms with E-state index in [-0.39, 0.29) is 6.15 Å². The van der Waals surface area contributed by atoms with Gasteiger partial charge >= 0.3 is 0 Å². The first-order valence-corrected chi connectivity index (χ1v) is 1.88. The van der Waals surface area contributed by atoms with Crippen LogP contribution in [0.25, 0.3) is 0 Å². The van der Waals surface area contributed by atoms with Crippen LogP contribution < -0.4 is 6.15 Å². The van der Waals surface area contributed by atoms with Gasteiger partial charge in [0.15, 0.2) is 0 Å². The SMILES string of the molecule is CC(C)CO.[NH4+]. The van der Waals surface area contributed by atoms with Gasteiger partial charge in [0.2, 0.25) is 0 Å². The highest BCUT2D eigenvalue weighted by Crippen LogP contribution is 1.83. The first-order chi connectivity index (χ1) is 2.27. The van der Waals surface area contributed by atoms with Crippen molar-refractivity contribution in [2.24, 2.45) is 5.92 Å². The predicted octanol–water partition coefficient (Wildman–Crippen LogP) is 1.01. The molecule has 0 aromatic heterocycles. The lowest BCUT2D eigenvalue weighted by molar-refractivity contribution is 0.248. The average Bonchev–Trinajstić information content (AvgIpc) is 1.38. The van der Waals surface area contributed by atoms with Crippen molar-refractivity contribution in [2.45, 2.75) is 13.8 Å². The van der Waals surface area contributed by atoms with Gasteiger partial charge in [0.25, 0.3) is 0 Å². The van der Waals surface area contributed by atoms with E-state index >= 15 is 0 Å². The van der Waals surface area contributed by atoms with E-state index in [2.05, 4.69) is 0 Å². The van der Waals surface area contributed by atoms with Crippen LogP contribution in [0.3, 0.4) is 0 Å². The van der Waals surface area contributed by atoms with Crippen LogP contribution in [0, 0.1) is 5.92 Å². The summed E-state index contributed by atoms with van der Waals surface area (Å²) in [5, 5.41) is 8.14. The van der Waals surface area contributed by atoms with Crippen LogP contribution in [0.4, 0.5) is 0 Å². The van der Waals surface area contributed by atoms with Crippen LogP contribution in [-0.4, -0.2) is 11.7 Å². The standard InChI is InChI=1S/C4H10O.H3N/c1-4(2)3-5;/h4-5H,3H2,1-2H3;1H3/p+1. The maximum atomic E-state index is 8.14. The first kappa shape index (κ1) is 9.33. The van der Waals surface area contributed by atoms with Gasteiger partial charge in [0.05, 0.1) is 0 Å². The van der Waals surface area contributed by atoms with Gasteiger partial charge in [0, 0.05) is 6.61 Å². The summed E-state index contributed by atoms with van der Waals surface area (Å²) in [6.45, 7) is 4.25. The molecule has 0 radical (unpaired) electrons. The van der Waals surface area contributed by atoms with Gasteiger partial charge in [-0.25, -0.2) is 0 Å². The van der Waals surface area contributed by atoms with Gasteiger partial charge in [-0.3, -0.25) is 0 Å². The molecule has 0 bridgehead atoms. The van der Waals surface area contributed by atoms with Crippen LogP contribution >= 0.6 is 0 Å². The Kier molecular flexibility index (Phi) is 7.65. The van der Waals surface area contributed by atoms with Gasteiger partial charge in [-0.1, -0.05) is 13.8 Å². The first-order valence-electron chi connectivity index (χ1n) is 1.88. The molecule has 2 heteroatoms. The summed E-state index contributed by atoms with van der Waals surface area (Å²) in [7, 11) is 0. The molecule has 0 saturated heterocycles. The largest absolute Gasteiger partial charge is 0.396 e. The molecule has 0 aliphatic carbocycles. The van der Waals surface area contributed by atoms with Gasteiger partial charge in [-0.15, -0.1) is 0 Å². The van der Waals surface area contributed by atoms with E-state index in [9.17, 15) is 0 Å². The molecule has 40 valence electrons. The maximum absolute atomic E-state index is 8.14. The smallest absolute Gasteiger partial charge is 0.0453 e. The molecule has 0 aliphatic rings. The molecule has 0 fully saturated rings. The molecule has 2 nitrogen and oxygen atoms in total. The topological polar surface area (TPSA) is 56.7 Å². The van der Waals surface area contributed by atoms with E-state index in [0.29, 0.717) is 12.5 Å². The van der Waals surface area contributed by atoms with Crippen molar-refractivity contribution in [1.82, 2.24) is 6.15 Å². The van der Waals surface area contributed by atoms with Gasteiger partial charge in [-0.2, -0.15) is 0 Å². The van der Waals surface area contributed by atoms with Crippen LogP contribution in [0.1, 0.15) is 13.8 Å². The Balaban J connectivity index is 0. The molecular weight excluding hydrogens is 78.0 g/mol. The Morgan fingerprint density at radius 3 is 1.67 bits per heavy atom. The molecule has 0 heterocycles. The quantitative estimate of drug-likeness (QED) is 0.498. The second-order valence-electron chi connectivity index (χ2n) is 1.58. The molecule has 0 aromatic rings. The molecule has 0 aliphatic heterocycles. The average molecular weight is 92.2 g/mol. The number of hydrogen-bond acceptors (Lipinski definition) is 1.